The average Bonchev–Trinajstić information content (AvgIpc) is 2.58. The summed E-state index contributed by atoms with van der Waals surface area (Å²) in [5.74, 6) is 0. The summed E-state index contributed by atoms with van der Waals surface area (Å²) in [5, 5.41) is 0.464. The summed E-state index contributed by atoms with van der Waals surface area (Å²) in [6.45, 7) is 3.00. The van der Waals surface area contributed by atoms with Crippen molar-refractivity contribution >= 4 is 34.4 Å². The van der Waals surface area contributed by atoms with Crippen LogP contribution in [0.25, 0.3) is 11.2 Å². The maximum atomic E-state index is 5.90. The minimum absolute atomic E-state index is 0.158. The predicted octanol–water partition coefficient (Wildman–Crippen LogP) is 2.93. The van der Waals surface area contributed by atoms with E-state index in [0.29, 0.717) is 16.3 Å². The second-order valence-corrected chi connectivity index (χ2v) is 3.94. The van der Waals surface area contributed by atoms with Crippen molar-refractivity contribution in [1.82, 2.24) is 19.5 Å². The van der Waals surface area contributed by atoms with Gasteiger partial charge in [-0.05, 0) is 18.0 Å². The van der Waals surface area contributed by atoms with Gasteiger partial charge in [-0.25, -0.2) is 9.97 Å². The first-order valence-corrected chi connectivity index (χ1v) is 5.52. The van der Waals surface area contributed by atoms with Crippen LogP contribution in [0.5, 0.6) is 0 Å². The summed E-state index contributed by atoms with van der Waals surface area (Å²) in [5.41, 5.74) is 1.31. The van der Waals surface area contributed by atoms with Gasteiger partial charge in [0.2, 0.25) is 5.28 Å². The van der Waals surface area contributed by atoms with Gasteiger partial charge >= 0.3 is 0 Å². The van der Waals surface area contributed by atoms with Crippen LogP contribution >= 0.6 is 23.2 Å². The number of hydrogen-bond donors (Lipinski definition) is 0. The van der Waals surface area contributed by atoms with Crippen LogP contribution in [-0.4, -0.2) is 19.5 Å². The van der Waals surface area contributed by atoms with E-state index in [1.54, 1.807) is 6.33 Å². The van der Waals surface area contributed by atoms with Gasteiger partial charge < -0.3 is 4.57 Å². The number of imidazole rings is 1. The third-order valence-electron chi connectivity index (χ3n) is 2.15. The molecule has 0 aliphatic rings. The quantitative estimate of drug-likeness (QED) is 0.616. The summed E-state index contributed by atoms with van der Waals surface area (Å²) < 4.78 is 1.94. The van der Waals surface area contributed by atoms with Crippen LogP contribution in [0.15, 0.2) is 6.33 Å². The molecule has 0 radical (unpaired) electrons. The second-order valence-electron chi connectivity index (χ2n) is 3.25. The molecule has 15 heavy (non-hydrogen) atoms. The Morgan fingerprint density at radius 2 is 2.13 bits per heavy atom. The van der Waals surface area contributed by atoms with E-state index in [-0.39, 0.29) is 5.28 Å². The first kappa shape index (κ1) is 10.6. The molecule has 0 saturated heterocycles. The van der Waals surface area contributed by atoms with Crippen molar-refractivity contribution < 1.29 is 0 Å². The van der Waals surface area contributed by atoms with Crippen LogP contribution in [0.2, 0.25) is 10.4 Å². The van der Waals surface area contributed by atoms with E-state index in [2.05, 4.69) is 21.9 Å². The highest BCUT2D eigenvalue weighted by Crippen LogP contribution is 2.20. The molecule has 0 spiro atoms. The lowest BCUT2D eigenvalue weighted by Crippen LogP contribution is -1.98. The molecule has 2 rings (SSSR count). The first-order chi connectivity index (χ1) is 7.22. The van der Waals surface area contributed by atoms with Crippen molar-refractivity contribution in [2.75, 3.05) is 0 Å². The van der Waals surface area contributed by atoms with Crippen LogP contribution in [0.1, 0.15) is 19.8 Å². The number of fused-ring (bicyclic) bond motifs is 1. The van der Waals surface area contributed by atoms with Crippen molar-refractivity contribution in [3.8, 4) is 0 Å². The van der Waals surface area contributed by atoms with E-state index in [4.69, 9.17) is 23.2 Å². The van der Waals surface area contributed by atoms with E-state index in [9.17, 15) is 0 Å². The molecule has 0 atom stereocenters. The number of aromatic nitrogens is 4. The van der Waals surface area contributed by atoms with Crippen molar-refractivity contribution in [3.63, 3.8) is 0 Å². The zero-order valence-corrected chi connectivity index (χ0v) is 9.76. The van der Waals surface area contributed by atoms with Crippen LogP contribution in [-0.2, 0) is 6.54 Å². The van der Waals surface area contributed by atoms with Crippen LogP contribution < -0.4 is 0 Å². The molecule has 0 N–H and O–H groups in total. The lowest BCUT2D eigenvalue weighted by molar-refractivity contribution is 0.641. The third-order valence-corrected chi connectivity index (χ3v) is 2.58. The van der Waals surface area contributed by atoms with Gasteiger partial charge in [-0.1, -0.05) is 24.9 Å². The first-order valence-electron chi connectivity index (χ1n) is 4.76. The Bertz CT molecular complexity index is 480. The molecule has 80 valence electrons. The van der Waals surface area contributed by atoms with Gasteiger partial charge in [-0.3, -0.25) is 0 Å². The minimum Gasteiger partial charge on any atom is -0.315 e. The SMILES string of the molecule is CCCCn1cnc2c(Cl)nc(Cl)nc21. The van der Waals surface area contributed by atoms with Gasteiger partial charge in [0.1, 0.15) is 5.52 Å². The predicted molar refractivity (Wildman–Crippen MR) is 60.3 cm³/mol. The molecular weight excluding hydrogens is 235 g/mol. The third kappa shape index (κ3) is 2.06. The molecule has 0 amide bonds. The smallest absolute Gasteiger partial charge is 0.225 e. The molecule has 0 fully saturated rings. The lowest BCUT2D eigenvalue weighted by atomic mass is 10.3. The monoisotopic (exact) mass is 244 g/mol. The van der Waals surface area contributed by atoms with E-state index in [1.165, 1.54) is 0 Å². The highest BCUT2D eigenvalue weighted by atomic mass is 35.5. The fourth-order valence-electron chi connectivity index (χ4n) is 1.38. The number of halogens is 2. The number of aryl methyl sites for hydroxylation is 1. The summed E-state index contributed by atoms with van der Waals surface area (Å²) in [6, 6.07) is 0. The van der Waals surface area contributed by atoms with Gasteiger partial charge in [-0.2, -0.15) is 4.98 Å². The van der Waals surface area contributed by atoms with E-state index >= 15 is 0 Å². The molecule has 0 aliphatic carbocycles. The summed E-state index contributed by atoms with van der Waals surface area (Å²) in [6.07, 6.45) is 3.91. The molecule has 0 unspecified atom stereocenters. The van der Waals surface area contributed by atoms with Crippen molar-refractivity contribution in [2.24, 2.45) is 0 Å². The highest BCUT2D eigenvalue weighted by molar-refractivity contribution is 6.35. The fraction of sp³-hybridized carbons (Fsp3) is 0.444. The Balaban J connectivity index is 2.49. The minimum atomic E-state index is 0.158. The summed E-state index contributed by atoms with van der Waals surface area (Å²) >= 11 is 11.6. The van der Waals surface area contributed by atoms with Gasteiger partial charge in [0.05, 0.1) is 6.33 Å². The highest BCUT2D eigenvalue weighted by Gasteiger charge is 2.10. The Morgan fingerprint density at radius 3 is 2.87 bits per heavy atom. The van der Waals surface area contributed by atoms with Gasteiger partial charge in [0.15, 0.2) is 10.8 Å². The summed E-state index contributed by atoms with van der Waals surface area (Å²) in [7, 11) is 0. The Kier molecular flexibility index (Phi) is 3.07. The fourth-order valence-corrected chi connectivity index (χ4v) is 1.80. The molecule has 0 bridgehead atoms. The van der Waals surface area contributed by atoms with Gasteiger partial charge in [0.25, 0.3) is 0 Å². The largest absolute Gasteiger partial charge is 0.315 e. The molecular formula is C9H10Cl2N4. The molecule has 6 heteroatoms. The molecule has 0 saturated carbocycles. The van der Waals surface area contributed by atoms with E-state index in [1.807, 2.05) is 4.57 Å². The van der Waals surface area contributed by atoms with E-state index in [0.717, 1.165) is 19.4 Å². The topological polar surface area (TPSA) is 43.6 Å². The van der Waals surface area contributed by atoms with Gasteiger partial charge in [0, 0.05) is 6.54 Å². The van der Waals surface area contributed by atoms with Crippen molar-refractivity contribution in [2.45, 2.75) is 26.3 Å². The Labute approximate surface area is 97.3 Å². The molecule has 2 aromatic rings. The zero-order chi connectivity index (χ0) is 10.8. The lowest BCUT2D eigenvalue weighted by Gasteiger charge is -2.01. The number of nitrogens with zero attached hydrogens (tertiary/aromatic N) is 4. The van der Waals surface area contributed by atoms with Crippen LogP contribution in [0.4, 0.5) is 0 Å². The van der Waals surface area contributed by atoms with E-state index < -0.39 is 0 Å². The molecule has 4 nitrogen and oxygen atoms in total. The Hall–Kier alpha value is -0.870. The molecule has 0 aromatic carbocycles. The zero-order valence-electron chi connectivity index (χ0n) is 8.24. The van der Waals surface area contributed by atoms with Crippen molar-refractivity contribution in [3.05, 3.63) is 16.8 Å². The standard InChI is InChI=1S/C9H10Cl2N4/c1-2-3-4-15-5-12-6-7(10)13-9(11)14-8(6)15/h5H,2-4H2,1H3. The van der Waals surface area contributed by atoms with Gasteiger partial charge in [-0.15, -0.1) is 0 Å². The second kappa shape index (κ2) is 4.33. The maximum absolute atomic E-state index is 5.90. The number of hydrogen-bond acceptors (Lipinski definition) is 3. The normalized spacial score (nSPS) is 11.1. The molecule has 2 aromatic heterocycles. The van der Waals surface area contributed by atoms with Crippen LogP contribution in [0, 0.1) is 0 Å². The number of rotatable bonds is 3. The molecule has 2 heterocycles. The van der Waals surface area contributed by atoms with Crippen LogP contribution in [0.3, 0.4) is 0 Å². The molecule has 0 aliphatic heterocycles. The summed E-state index contributed by atoms with van der Waals surface area (Å²) in [4.78, 5) is 12.1. The average molecular weight is 245 g/mol. The van der Waals surface area contributed by atoms with Crippen molar-refractivity contribution in [1.29, 1.82) is 0 Å². The number of unbranched alkanes of at least 4 members (excludes halogenated alkanes) is 1. The maximum Gasteiger partial charge on any atom is 0.225 e. The Morgan fingerprint density at radius 1 is 1.33 bits per heavy atom.